The largest absolute Gasteiger partial charge is 0.376 e. The zero-order chi connectivity index (χ0) is 16.7. The van der Waals surface area contributed by atoms with Crippen molar-refractivity contribution >= 4 is 22.7 Å². The Morgan fingerprint density at radius 2 is 1.17 bits per heavy atom. The van der Waals surface area contributed by atoms with Crippen molar-refractivity contribution in [3.05, 3.63) is 48.0 Å². The van der Waals surface area contributed by atoms with Crippen molar-refractivity contribution in [3.8, 4) is 0 Å². The first-order valence-corrected chi connectivity index (χ1v) is 7.95. The summed E-state index contributed by atoms with van der Waals surface area (Å²) in [5.41, 5.74) is 6.34. The summed E-state index contributed by atoms with van der Waals surface area (Å²) in [6, 6.07) is 15.3. The van der Waals surface area contributed by atoms with Crippen molar-refractivity contribution in [2.75, 3.05) is 61.9 Å². The first kappa shape index (κ1) is 15.5. The zero-order valence-corrected chi connectivity index (χ0v) is 14.9. The molecule has 0 aliphatic carbocycles. The van der Waals surface area contributed by atoms with Crippen molar-refractivity contribution < 1.29 is 0 Å². The molecule has 122 valence electrons. The van der Waals surface area contributed by atoms with Gasteiger partial charge in [-0.15, -0.1) is 0 Å². The maximum Gasteiger partial charge on any atom is 0.128 e. The second-order valence-corrected chi connectivity index (χ2v) is 6.62. The Kier molecular flexibility index (Phi) is 3.84. The Hall–Kier alpha value is -2.36. The molecular weight excluding hydrogens is 284 g/mol. The van der Waals surface area contributed by atoms with Gasteiger partial charge in [0, 0.05) is 42.3 Å². The van der Waals surface area contributed by atoms with E-state index in [4.69, 9.17) is 0 Å². The molecule has 4 heteroatoms. The van der Waals surface area contributed by atoms with Crippen molar-refractivity contribution in [3.63, 3.8) is 0 Å². The van der Waals surface area contributed by atoms with Gasteiger partial charge >= 0.3 is 0 Å². The molecule has 0 bridgehead atoms. The summed E-state index contributed by atoms with van der Waals surface area (Å²) >= 11 is 0. The lowest BCUT2D eigenvalue weighted by Gasteiger charge is -2.28. The molecule has 2 aromatic carbocycles. The summed E-state index contributed by atoms with van der Waals surface area (Å²) in [5, 5.41) is 0. The van der Waals surface area contributed by atoms with E-state index in [-0.39, 0.29) is 6.17 Å². The van der Waals surface area contributed by atoms with E-state index in [1.807, 2.05) is 0 Å². The third kappa shape index (κ3) is 2.48. The van der Waals surface area contributed by atoms with Crippen LogP contribution in [0.2, 0.25) is 0 Å². The first-order chi connectivity index (χ1) is 10.9. The smallest absolute Gasteiger partial charge is 0.128 e. The highest BCUT2D eigenvalue weighted by molar-refractivity contribution is 5.88. The minimum absolute atomic E-state index is 0.235. The third-order valence-corrected chi connectivity index (χ3v) is 4.63. The Bertz CT molecular complexity index is 653. The molecule has 0 aromatic heterocycles. The second kappa shape index (κ2) is 5.69. The quantitative estimate of drug-likeness (QED) is 0.861. The highest BCUT2D eigenvalue weighted by Gasteiger charge is 2.33. The fourth-order valence-corrected chi connectivity index (χ4v) is 3.43. The molecule has 4 nitrogen and oxygen atoms in total. The SMILES string of the molecule is CN(C)c1cc2c(cc1N(C)C)N(C)C(c1ccccc1)N2C. The number of rotatable bonds is 3. The second-order valence-electron chi connectivity index (χ2n) is 6.62. The topological polar surface area (TPSA) is 13.0 Å². The molecule has 0 amide bonds. The van der Waals surface area contributed by atoms with Gasteiger partial charge < -0.3 is 19.6 Å². The van der Waals surface area contributed by atoms with Gasteiger partial charge in [-0.3, -0.25) is 0 Å². The van der Waals surface area contributed by atoms with Gasteiger partial charge in [-0.2, -0.15) is 0 Å². The lowest BCUT2D eigenvalue weighted by atomic mass is 10.1. The predicted octanol–water partition coefficient (Wildman–Crippen LogP) is 3.40. The molecule has 0 fully saturated rings. The first-order valence-electron chi connectivity index (χ1n) is 7.95. The molecule has 23 heavy (non-hydrogen) atoms. The number of fused-ring (bicyclic) bond motifs is 1. The van der Waals surface area contributed by atoms with Gasteiger partial charge in [0.05, 0.1) is 22.7 Å². The molecule has 0 saturated heterocycles. The summed E-state index contributed by atoms with van der Waals surface area (Å²) in [6.07, 6.45) is 0.235. The van der Waals surface area contributed by atoms with Gasteiger partial charge in [-0.05, 0) is 17.7 Å². The monoisotopic (exact) mass is 310 g/mol. The lowest BCUT2D eigenvalue weighted by Crippen LogP contribution is -2.30. The fraction of sp³-hybridized carbons (Fsp3) is 0.368. The molecule has 1 aliphatic heterocycles. The average Bonchev–Trinajstić information content (AvgIpc) is 2.78. The Labute approximate surface area is 139 Å². The molecular formula is C19H26N4. The molecule has 0 atom stereocenters. The van der Waals surface area contributed by atoms with Crippen LogP contribution >= 0.6 is 0 Å². The van der Waals surface area contributed by atoms with Crippen LogP contribution in [0, 0.1) is 0 Å². The van der Waals surface area contributed by atoms with Crippen LogP contribution in [0.3, 0.4) is 0 Å². The molecule has 2 aromatic rings. The van der Waals surface area contributed by atoms with Gasteiger partial charge in [0.15, 0.2) is 0 Å². The average molecular weight is 310 g/mol. The summed E-state index contributed by atoms with van der Waals surface area (Å²) in [5.74, 6) is 0. The normalized spacial score (nSPS) is 14.2. The molecule has 1 heterocycles. The van der Waals surface area contributed by atoms with Crippen LogP contribution in [-0.2, 0) is 0 Å². The molecule has 0 saturated carbocycles. The van der Waals surface area contributed by atoms with Crippen molar-refractivity contribution in [1.29, 1.82) is 0 Å². The molecule has 0 radical (unpaired) electrons. The van der Waals surface area contributed by atoms with E-state index in [0.717, 1.165) is 0 Å². The van der Waals surface area contributed by atoms with Crippen LogP contribution in [0.25, 0.3) is 0 Å². The fourth-order valence-electron chi connectivity index (χ4n) is 3.43. The standard InChI is InChI=1S/C19H26N4/c1-20(2)15-12-17-18(13-16(15)21(3)4)23(6)19(22(17)5)14-10-8-7-9-11-14/h7-13,19H,1-6H3. The van der Waals surface area contributed by atoms with Crippen LogP contribution in [-0.4, -0.2) is 42.3 Å². The van der Waals surface area contributed by atoms with Crippen LogP contribution in [0.15, 0.2) is 42.5 Å². The minimum atomic E-state index is 0.235. The minimum Gasteiger partial charge on any atom is -0.376 e. The van der Waals surface area contributed by atoms with Gasteiger partial charge in [-0.25, -0.2) is 0 Å². The molecule has 0 spiro atoms. The summed E-state index contributed by atoms with van der Waals surface area (Å²) in [6.45, 7) is 0. The highest BCUT2D eigenvalue weighted by Crippen LogP contribution is 2.48. The maximum atomic E-state index is 2.36. The van der Waals surface area contributed by atoms with Crippen LogP contribution in [0.1, 0.15) is 11.7 Å². The van der Waals surface area contributed by atoms with E-state index in [2.05, 4.69) is 104 Å². The van der Waals surface area contributed by atoms with Gasteiger partial charge in [0.1, 0.15) is 6.17 Å². The van der Waals surface area contributed by atoms with E-state index in [9.17, 15) is 0 Å². The van der Waals surface area contributed by atoms with E-state index < -0.39 is 0 Å². The summed E-state index contributed by atoms with van der Waals surface area (Å²) in [4.78, 5) is 9.08. The molecule has 0 N–H and O–H groups in total. The Morgan fingerprint density at radius 1 is 0.739 bits per heavy atom. The van der Waals surface area contributed by atoms with Gasteiger partial charge in [0.25, 0.3) is 0 Å². The summed E-state index contributed by atoms with van der Waals surface area (Å²) in [7, 11) is 12.7. The third-order valence-electron chi connectivity index (χ3n) is 4.63. The van der Waals surface area contributed by atoms with Crippen molar-refractivity contribution in [1.82, 2.24) is 0 Å². The van der Waals surface area contributed by atoms with Gasteiger partial charge in [-0.1, -0.05) is 30.3 Å². The summed E-state index contributed by atoms with van der Waals surface area (Å²) < 4.78 is 0. The van der Waals surface area contributed by atoms with E-state index >= 15 is 0 Å². The predicted molar refractivity (Wildman–Crippen MR) is 101 cm³/mol. The zero-order valence-electron chi connectivity index (χ0n) is 14.9. The highest BCUT2D eigenvalue weighted by atomic mass is 15.4. The number of hydrogen-bond acceptors (Lipinski definition) is 4. The maximum absolute atomic E-state index is 2.36. The number of nitrogens with zero attached hydrogens (tertiary/aromatic N) is 4. The molecule has 3 rings (SSSR count). The van der Waals surface area contributed by atoms with E-state index in [1.54, 1.807) is 0 Å². The van der Waals surface area contributed by atoms with Crippen molar-refractivity contribution in [2.24, 2.45) is 0 Å². The number of benzene rings is 2. The van der Waals surface area contributed by atoms with E-state index in [0.29, 0.717) is 0 Å². The van der Waals surface area contributed by atoms with Crippen molar-refractivity contribution in [2.45, 2.75) is 6.17 Å². The Balaban J connectivity index is 2.11. The van der Waals surface area contributed by atoms with Crippen LogP contribution < -0.4 is 19.6 Å². The van der Waals surface area contributed by atoms with E-state index in [1.165, 1.54) is 28.3 Å². The van der Waals surface area contributed by atoms with Crippen LogP contribution in [0.5, 0.6) is 0 Å². The number of anilines is 4. The number of hydrogen-bond donors (Lipinski definition) is 0. The van der Waals surface area contributed by atoms with Gasteiger partial charge in [0.2, 0.25) is 0 Å². The molecule has 1 aliphatic rings. The lowest BCUT2D eigenvalue weighted by molar-refractivity contribution is 0.694. The Morgan fingerprint density at radius 3 is 1.57 bits per heavy atom. The molecule has 0 unspecified atom stereocenters. The van der Waals surface area contributed by atoms with Crippen LogP contribution in [0.4, 0.5) is 22.7 Å².